The van der Waals surface area contributed by atoms with Gasteiger partial charge in [0.15, 0.2) is 5.78 Å². The van der Waals surface area contributed by atoms with Gasteiger partial charge in [-0.15, -0.1) is 0 Å². The highest BCUT2D eigenvalue weighted by atomic mass is 16.1. The molecule has 3 heteroatoms. The summed E-state index contributed by atoms with van der Waals surface area (Å²) in [5.41, 5.74) is 2.79. The van der Waals surface area contributed by atoms with E-state index in [9.17, 15) is 9.59 Å². The van der Waals surface area contributed by atoms with Gasteiger partial charge in [0.2, 0.25) is 0 Å². The number of Topliss-reactive ketones (excluding diaryl/α,β-unsaturated/α-hetero) is 1. The lowest BCUT2D eigenvalue weighted by Crippen LogP contribution is -2.26. The summed E-state index contributed by atoms with van der Waals surface area (Å²) >= 11 is 0. The second kappa shape index (κ2) is 3.85. The van der Waals surface area contributed by atoms with E-state index >= 15 is 0 Å². The Morgan fingerprint density at radius 2 is 2.33 bits per heavy atom. The molecule has 0 radical (unpaired) electrons. The largest absolute Gasteiger partial charge is 0.375 e. The van der Waals surface area contributed by atoms with Crippen LogP contribution in [-0.2, 0) is 11.2 Å². The zero-order valence-corrected chi connectivity index (χ0v) is 8.62. The summed E-state index contributed by atoms with van der Waals surface area (Å²) in [5.74, 6) is 0.0489. The molecule has 1 aromatic carbocycles. The molecule has 1 aromatic rings. The Bertz CT molecular complexity index is 412. The minimum Gasteiger partial charge on any atom is -0.375 e. The van der Waals surface area contributed by atoms with Crippen molar-refractivity contribution in [3.05, 3.63) is 29.3 Å². The number of carbonyl (C=O) groups is 2. The van der Waals surface area contributed by atoms with Gasteiger partial charge < -0.3 is 10.1 Å². The summed E-state index contributed by atoms with van der Waals surface area (Å²) in [6.45, 7) is 1.54. The minimum atomic E-state index is -0.111. The number of carbonyl (C=O) groups excluding carboxylic acids is 2. The van der Waals surface area contributed by atoms with Gasteiger partial charge in [0.25, 0.3) is 0 Å². The van der Waals surface area contributed by atoms with Crippen LogP contribution in [0.4, 0.5) is 5.69 Å². The van der Waals surface area contributed by atoms with Crippen molar-refractivity contribution in [2.75, 3.05) is 5.32 Å². The van der Waals surface area contributed by atoms with Crippen LogP contribution < -0.4 is 5.32 Å². The maximum absolute atomic E-state index is 11.2. The lowest BCUT2D eigenvalue weighted by atomic mass is 9.96. The van der Waals surface area contributed by atoms with Crippen molar-refractivity contribution >= 4 is 17.8 Å². The third-order valence-corrected chi connectivity index (χ3v) is 2.75. The Morgan fingerprint density at radius 3 is 3.00 bits per heavy atom. The maximum atomic E-state index is 11.2. The number of aldehydes is 1. The van der Waals surface area contributed by atoms with Gasteiger partial charge in [-0.3, -0.25) is 4.79 Å². The molecule has 0 spiro atoms. The Balaban J connectivity index is 2.34. The fourth-order valence-corrected chi connectivity index (χ4v) is 1.83. The van der Waals surface area contributed by atoms with Gasteiger partial charge in [0.1, 0.15) is 6.29 Å². The molecular formula is C12H13NO2. The quantitative estimate of drug-likeness (QED) is 0.589. The molecule has 0 saturated heterocycles. The minimum absolute atomic E-state index is 0.0489. The molecule has 1 aliphatic rings. The van der Waals surface area contributed by atoms with Crippen LogP contribution in [0.1, 0.15) is 29.3 Å². The number of hydrogen-bond acceptors (Lipinski definition) is 3. The fraction of sp³-hybridized carbons (Fsp3) is 0.333. The molecule has 1 atom stereocenters. The molecule has 0 fully saturated rings. The number of benzene rings is 1. The molecule has 2 rings (SSSR count). The van der Waals surface area contributed by atoms with Gasteiger partial charge in [0.05, 0.1) is 6.04 Å². The van der Waals surface area contributed by atoms with Crippen molar-refractivity contribution in [1.29, 1.82) is 0 Å². The maximum Gasteiger partial charge on any atom is 0.159 e. The van der Waals surface area contributed by atoms with E-state index in [-0.39, 0.29) is 11.8 Å². The van der Waals surface area contributed by atoms with Gasteiger partial charge in [-0.1, -0.05) is 12.1 Å². The van der Waals surface area contributed by atoms with Crippen LogP contribution in [0.2, 0.25) is 0 Å². The molecule has 0 saturated carbocycles. The monoisotopic (exact) mass is 203 g/mol. The molecule has 1 N–H and O–H groups in total. The molecule has 1 aliphatic heterocycles. The van der Waals surface area contributed by atoms with Crippen LogP contribution in [0.25, 0.3) is 0 Å². The third-order valence-electron chi connectivity index (χ3n) is 2.75. The molecule has 3 nitrogen and oxygen atoms in total. The Hall–Kier alpha value is -1.64. The molecule has 15 heavy (non-hydrogen) atoms. The molecule has 0 aliphatic carbocycles. The summed E-state index contributed by atoms with van der Waals surface area (Å²) < 4.78 is 0. The first-order chi connectivity index (χ1) is 7.20. The average molecular weight is 203 g/mol. The number of ketones is 1. The third kappa shape index (κ3) is 1.91. The fourth-order valence-electron chi connectivity index (χ4n) is 1.83. The van der Waals surface area contributed by atoms with E-state index in [1.807, 2.05) is 18.2 Å². The van der Waals surface area contributed by atoms with Crippen molar-refractivity contribution in [3.8, 4) is 0 Å². The Labute approximate surface area is 88.5 Å². The van der Waals surface area contributed by atoms with Gasteiger partial charge in [-0.05, 0) is 31.4 Å². The van der Waals surface area contributed by atoms with Gasteiger partial charge >= 0.3 is 0 Å². The van der Waals surface area contributed by atoms with Crippen molar-refractivity contribution in [3.63, 3.8) is 0 Å². The Morgan fingerprint density at radius 1 is 1.53 bits per heavy atom. The SMILES string of the molecule is CC(=O)c1ccc2c(c1)NC(C=O)CC2. The summed E-state index contributed by atoms with van der Waals surface area (Å²) in [6, 6.07) is 5.51. The van der Waals surface area contributed by atoms with E-state index in [1.165, 1.54) is 5.56 Å². The highest BCUT2D eigenvalue weighted by Gasteiger charge is 2.17. The lowest BCUT2D eigenvalue weighted by Gasteiger charge is -2.23. The van der Waals surface area contributed by atoms with E-state index < -0.39 is 0 Å². The zero-order valence-electron chi connectivity index (χ0n) is 8.62. The molecule has 1 heterocycles. The second-order valence-corrected chi connectivity index (χ2v) is 3.85. The summed E-state index contributed by atoms with van der Waals surface area (Å²) in [4.78, 5) is 21.8. The van der Waals surface area contributed by atoms with Gasteiger partial charge in [-0.2, -0.15) is 0 Å². The average Bonchev–Trinajstić information content (AvgIpc) is 2.27. The normalized spacial score (nSPS) is 18.9. The number of fused-ring (bicyclic) bond motifs is 1. The van der Waals surface area contributed by atoms with Crippen molar-refractivity contribution < 1.29 is 9.59 Å². The number of anilines is 1. The van der Waals surface area contributed by atoms with E-state index in [0.717, 1.165) is 24.8 Å². The zero-order chi connectivity index (χ0) is 10.8. The molecule has 0 amide bonds. The topological polar surface area (TPSA) is 46.2 Å². The van der Waals surface area contributed by atoms with E-state index in [4.69, 9.17) is 0 Å². The van der Waals surface area contributed by atoms with E-state index in [1.54, 1.807) is 6.92 Å². The van der Waals surface area contributed by atoms with Crippen molar-refractivity contribution in [2.45, 2.75) is 25.8 Å². The van der Waals surface area contributed by atoms with Gasteiger partial charge in [-0.25, -0.2) is 0 Å². The van der Waals surface area contributed by atoms with E-state index in [2.05, 4.69) is 5.32 Å². The first kappa shape index (κ1) is 9.90. The smallest absolute Gasteiger partial charge is 0.159 e. The van der Waals surface area contributed by atoms with Gasteiger partial charge in [0, 0.05) is 11.3 Å². The van der Waals surface area contributed by atoms with Crippen LogP contribution >= 0.6 is 0 Å². The molecule has 1 unspecified atom stereocenters. The van der Waals surface area contributed by atoms with E-state index in [0.29, 0.717) is 5.56 Å². The van der Waals surface area contributed by atoms with Crippen molar-refractivity contribution in [2.24, 2.45) is 0 Å². The standard InChI is InChI=1S/C12H13NO2/c1-8(15)10-3-2-9-4-5-11(7-14)13-12(9)6-10/h2-3,6-7,11,13H,4-5H2,1H3. The first-order valence-electron chi connectivity index (χ1n) is 5.06. The summed E-state index contributed by atoms with van der Waals surface area (Å²) in [5, 5.41) is 3.12. The molecule has 0 aromatic heterocycles. The number of rotatable bonds is 2. The number of aryl methyl sites for hydroxylation is 1. The summed E-state index contributed by atoms with van der Waals surface area (Å²) in [7, 11) is 0. The van der Waals surface area contributed by atoms with Crippen LogP contribution in [0, 0.1) is 0 Å². The predicted octanol–water partition coefficient (Wildman–Crippen LogP) is 1.81. The Kier molecular flexibility index (Phi) is 2.54. The molecule has 78 valence electrons. The summed E-state index contributed by atoms with van der Waals surface area (Å²) in [6.07, 6.45) is 2.64. The van der Waals surface area contributed by atoms with Crippen molar-refractivity contribution in [1.82, 2.24) is 0 Å². The second-order valence-electron chi connectivity index (χ2n) is 3.85. The first-order valence-corrected chi connectivity index (χ1v) is 5.06. The highest BCUT2D eigenvalue weighted by Crippen LogP contribution is 2.25. The van der Waals surface area contributed by atoms with Crippen LogP contribution in [-0.4, -0.2) is 18.1 Å². The lowest BCUT2D eigenvalue weighted by molar-refractivity contribution is -0.108. The molecule has 0 bridgehead atoms. The van der Waals surface area contributed by atoms with Crippen LogP contribution in [0.5, 0.6) is 0 Å². The predicted molar refractivity (Wildman–Crippen MR) is 58.2 cm³/mol. The number of hydrogen-bond donors (Lipinski definition) is 1. The van der Waals surface area contributed by atoms with Crippen LogP contribution in [0.15, 0.2) is 18.2 Å². The number of nitrogens with one attached hydrogen (secondary N) is 1. The van der Waals surface area contributed by atoms with Crippen LogP contribution in [0.3, 0.4) is 0 Å². The highest BCUT2D eigenvalue weighted by molar-refractivity contribution is 5.95. The molecular weight excluding hydrogens is 190 g/mol.